The van der Waals surface area contributed by atoms with Crippen molar-refractivity contribution < 1.29 is 8.83 Å². The van der Waals surface area contributed by atoms with Crippen LogP contribution in [0.25, 0.3) is 122 Å². The number of nitrogens with zero attached hydrogens (tertiary/aromatic N) is 2. The van der Waals surface area contributed by atoms with Crippen LogP contribution >= 0.6 is 11.7 Å². The Morgan fingerprint density at radius 2 is 0.548 bits per heavy atom. The van der Waals surface area contributed by atoms with Gasteiger partial charge in [-0.05, 0) is 164 Å². The maximum Gasteiger partial charge on any atom is 0.135 e. The van der Waals surface area contributed by atoms with Crippen molar-refractivity contribution in [3.63, 3.8) is 0 Å². The van der Waals surface area contributed by atoms with Crippen LogP contribution in [0.4, 0.5) is 0 Å². The number of furan rings is 2. The summed E-state index contributed by atoms with van der Waals surface area (Å²) in [6.07, 6.45) is 35.5. The van der Waals surface area contributed by atoms with Gasteiger partial charge in [0.25, 0.3) is 0 Å². The summed E-state index contributed by atoms with van der Waals surface area (Å²) >= 11 is 1.37. The molecule has 0 amide bonds. The Kier molecular flexibility index (Phi) is 19.3. The van der Waals surface area contributed by atoms with Crippen LogP contribution in [-0.4, -0.2) is 8.75 Å². The Balaban J connectivity index is 0.850. The van der Waals surface area contributed by atoms with Gasteiger partial charge in [-0.25, -0.2) is 0 Å². The lowest BCUT2D eigenvalue weighted by Crippen LogP contribution is -2.25. The van der Waals surface area contributed by atoms with E-state index in [9.17, 15) is 0 Å². The number of hydrogen-bond acceptors (Lipinski definition) is 5. The molecular weight excluding hydrogens is 1150 g/mol. The van der Waals surface area contributed by atoms with Crippen LogP contribution in [0.5, 0.6) is 0 Å². The molecule has 93 heavy (non-hydrogen) atoms. The standard InChI is InChI=1S/C88H96N2O2S/c1-5-9-13-17-21-29-51-87(52-30-22-18-14-10-6-2)77-57-63(61-41-49-83-75(55-61)73-33-25-27-35-81(73)91-83)37-43-69(77)71-45-39-65(59-79(71)87)67-47-48-68(86-85(67)89-93-90-86)66-40-46-72-70-44-38-64(62-42-50-84-76(56-62)74-34-26-28-36-82(74)92-84)58-78(70)88(80(72)60-66,53-31-23-19-15-11-7-3)54-32-24-20-16-12-8-4/h25-28,33-50,55-60H,5-24,29-32,51-54H2,1-4H3. The summed E-state index contributed by atoms with van der Waals surface area (Å²) in [4.78, 5) is 0. The van der Waals surface area contributed by atoms with Gasteiger partial charge in [0.2, 0.25) is 0 Å². The molecule has 0 N–H and O–H groups in total. The first-order valence-electron chi connectivity index (χ1n) is 36.6. The molecule has 0 saturated heterocycles. The summed E-state index contributed by atoms with van der Waals surface area (Å²) in [5.41, 5.74) is 27.2. The Labute approximate surface area is 558 Å². The third-order valence-electron chi connectivity index (χ3n) is 22.0. The van der Waals surface area contributed by atoms with Gasteiger partial charge in [0.15, 0.2) is 0 Å². The van der Waals surface area contributed by atoms with E-state index in [1.807, 2.05) is 0 Å². The maximum atomic E-state index is 6.35. The molecule has 0 bridgehead atoms. The molecule has 2 aliphatic carbocycles. The van der Waals surface area contributed by atoms with Crippen molar-refractivity contribution in [3.8, 4) is 66.8 Å². The number of aromatic nitrogens is 2. The smallest absolute Gasteiger partial charge is 0.135 e. The van der Waals surface area contributed by atoms with E-state index in [-0.39, 0.29) is 10.8 Å². The fraction of sp³-hybridized carbons (Fsp3) is 0.386. The summed E-state index contributed by atoms with van der Waals surface area (Å²) in [7, 11) is 0. The van der Waals surface area contributed by atoms with E-state index in [1.165, 1.54) is 276 Å². The molecule has 12 aromatic rings. The largest absolute Gasteiger partial charge is 0.456 e. The zero-order valence-electron chi connectivity index (χ0n) is 56.1. The lowest BCUT2D eigenvalue weighted by Gasteiger charge is -2.33. The van der Waals surface area contributed by atoms with E-state index < -0.39 is 0 Å². The molecule has 0 radical (unpaired) electrons. The van der Waals surface area contributed by atoms with Gasteiger partial charge >= 0.3 is 0 Å². The molecule has 3 aromatic heterocycles. The lowest BCUT2D eigenvalue weighted by atomic mass is 9.69. The molecule has 2 aliphatic rings. The van der Waals surface area contributed by atoms with Gasteiger partial charge in [-0.1, -0.05) is 291 Å². The van der Waals surface area contributed by atoms with Gasteiger partial charge in [0.1, 0.15) is 33.4 Å². The minimum Gasteiger partial charge on any atom is -0.456 e. The van der Waals surface area contributed by atoms with E-state index in [0.29, 0.717) is 0 Å². The zero-order valence-corrected chi connectivity index (χ0v) is 56.9. The molecule has 9 aromatic carbocycles. The van der Waals surface area contributed by atoms with Crippen molar-refractivity contribution in [2.75, 3.05) is 0 Å². The van der Waals surface area contributed by atoms with E-state index >= 15 is 0 Å². The van der Waals surface area contributed by atoms with Crippen LogP contribution in [0.1, 0.15) is 230 Å². The maximum absolute atomic E-state index is 6.35. The Morgan fingerprint density at radius 1 is 0.269 bits per heavy atom. The van der Waals surface area contributed by atoms with Gasteiger partial charge in [-0.3, -0.25) is 0 Å². The third kappa shape index (κ3) is 12.4. The molecule has 3 heterocycles. The number of rotatable bonds is 32. The van der Waals surface area contributed by atoms with Crippen molar-refractivity contribution in [1.29, 1.82) is 0 Å². The third-order valence-corrected chi connectivity index (χ3v) is 22.5. The normalized spacial score (nSPS) is 13.7. The quantitative estimate of drug-likeness (QED) is 0.0394. The van der Waals surface area contributed by atoms with E-state index in [4.69, 9.17) is 17.6 Å². The fourth-order valence-electron chi connectivity index (χ4n) is 17.0. The predicted molar refractivity (Wildman–Crippen MR) is 398 cm³/mol. The first kappa shape index (κ1) is 62.8. The minimum atomic E-state index is -0.111. The highest BCUT2D eigenvalue weighted by Crippen LogP contribution is 2.58. The highest BCUT2D eigenvalue weighted by atomic mass is 32.1. The fourth-order valence-corrected chi connectivity index (χ4v) is 17.6. The summed E-state index contributed by atoms with van der Waals surface area (Å²) in [5.74, 6) is 0. The minimum absolute atomic E-state index is 0.111. The molecule has 476 valence electrons. The molecule has 0 spiro atoms. The SMILES string of the molecule is CCCCCCCCC1(CCCCCCCC)c2cc(-c3ccc4oc5ccccc5c4c3)ccc2-c2ccc(-c3ccc(-c4ccc5c(c4)C(CCCCCCCC)(CCCCCCCC)c4cc(-c6ccc7oc8ccccc8c7c6)ccc4-5)c4nsnc34)cc21. The molecule has 0 unspecified atom stereocenters. The number of fused-ring (bicyclic) bond motifs is 13. The summed E-state index contributed by atoms with van der Waals surface area (Å²) in [5, 5.41) is 4.72. The Hall–Kier alpha value is -7.60. The van der Waals surface area contributed by atoms with Crippen molar-refractivity contribution in [1.82, 2.24) is 8.75 Å². The first-order valence-corrected chi connectivity index (χ1v) is 37.3. The van der Waals surface area contributed by atoms with Gasteiger partial charge in [-0.15, -0.1) is 0 Å². The van der Waals surface area contributed by atoms with Crippen molar-refractivity contribution >= 4 is 66.6 Å². The number of para-hydroxylation sites is 2. The average molecular weight is 1250 g/mol. The van der Waals surface area contributed by atoms with Crippen molar-refractivity contribution in [2.24, 2.45) is 0 Å². The number of benzene rings is 9. The highest BCUT2D eigenvalue weighted by molar-refractivity contribution is 7.00. The summed E-state index contributed by atoms with van der Waals surface area (Å²) in [6.45, 7) is 9.33. The van der Waals surface area contributed by atoms with Gasteiger partial charge in [0, 0.05) is 43.5 Å². The number of hydrogen-bond donors (Lipinski definition) is 0. The second-order valence-corrected chi connectivity index (χ2v) is 28.5. The van der Waals surface area contributed by atoms with Crippen molar-refractivity contribution in [2.45, 2.75) is 218 Å². The average Bonchev–Trinajstić information content (AvgIpc) is 1.57. The second-order valence-electron chi connectivity index (χ2n) is 28.0. The second kappa shape index (κ2) is 28.5. The summed E-state index contributed by atoms with van der Waals surface area (Å²) in [6, 6.07) is 65.4. The van der Waals surface area contributed by atoms with E-state index in [2.05, 4.69) is 198 Å². The topological polar surface area (TPSA) is 52.1 Å². The van der Waals surface area contributed by atoms with Crippen molar-refractivity contribution in [3.05, 3.63) is 192 Å². The van der Waals surface area contributed by atoms with Crippen LogP contribution in [0.3, 0.4) is 0 Å². The van der Waals surface area contributed by atoms with Crippen LogP contribution in [0.15, 0.2) is 179 Å². The molecule has 0 atom stereocenters. The van der Waals surface area contributed by atoms with Crippen LogP contribution in [0.2, 0.25) is 0 Å². The van der Waals surface area contributed by atoms with Crippen LogP contribution in [0, 0.1) is 0 Å². The number of unbranched alkanes of at least 4 members (excludes halogenated alkanes) is 20. The van der Waals surface area contributed by atoms with Crippen LogP contribution < -0.4 is 0 Å². The lowest BCUT2D eigenvalue weighted by molar-refractivity contribution is 0.398. The summed E-state index contributed by atoms with van der Waals surface area (Å²) < 4.78 is 23.2. The molecule has 0 aliphatic heterocycles. The van der Waals surface area contributed by atoms with Gasteiger partial charge in [0.05, 0.1) is 11.7 Å². The zero-order chi connectivity index (χ0) is 63.1. The Morgan fingerprint density at radius 3 is 0.914 bits per heavy atom. The highest BCUT2D eigenvalue weighted by Gasteiger charge is 2.45. The van der Waals surface area contributed by atoms with E-state index in [1.54, 1.807) is 0 Å². The molecule has 5 heteroatoms. The first-order chi connectivity index (χ1) is 45.9. The van der Waals surface area contributed by atoms with Gasteiger partial charge in [-0.2, -0.15) is 8.75 Å². The molecule has 14 rings (SSSR count). The Bertz CT molecular complexity index is 4250. The van der Waals surface area contributed by atoms with Crippen LogP contribution in [-0.2, 0) is 10.8 Å². The molecule has 4 nitrogen and oxygen atoms in total. The molecule has 0 saturated carbocycles. The van der Waals surface area contributed by atoms with Gasteiger partial charge < -0.3 is 8.83 Å². The van der Waals surface area contributed by atoms with E-state index in [0.717, 1.165) is 59.0 Å². The molecule has 0 fully saturated rings. The monoisotopic (exact) mass is 1240 g/mol. The predicted octanol–water partition coefficient (Wildman–Crippen LogP) is 27.7. The molecular formula is C88H96N2O2S.